The Morgan fingerprint density at radius 3 is 2.65 bits per heavy atom. The first-order valence-electron chi connectivity index (χ1n) is 5.71. The highest BCUT2D eigenvalue weighted by Crippen LogP contribution is 2.16. The maximum absolute atomic E-state index is 12.2. The summed E-state index contributed by atoms with van der Waals surface area (Å²) in [5, 5.41) is 0. The molecular formula is C13H17NO3. The van der Waals surface area contributed by atoms with Crippen LogP contribution in [0.15, 0.2) is 18.3 Å². The van der Waals surface area contributed by atoms with Gasteiger partial charge in [-0.25, -0.2) is 0 Å². The second-order valence-electron chi connectivity index (χ2n) is 3.71. The lowest BCUT2D eigenvalue weighted by Crippen LogP contribution is -2.26. The van der Waals surface area contributed by atoms with Crippen LogP contribution in [-0.2, 0) is 16.0 Å². The van der Waals surface area contributed by atoms with Crippen molar-refractivity contribution < 1.29 is 14.3 Å². The van der Waals surface area contributed by atoms with Crippen LogP contribution in [0.5, 0.6) is 0 Å². The van der Waals surface area contributed by atoms with Crippen LogP contribution in [0, 0.1) is 5.92 Å². The number of rotatable bonds is 5. The van der Waals surface area contributed by atoms with Gasteiger partial charge in [0.2, 0.25) is 0 Å². The number of aromatic nitrogens is 1. The highest BCUT2D eigenvalue weighted by molar-refractivity contribution is 6.08. The maximum Gasteiger partial charge on any atom is 0.316 e. The zero-order chi connectivity index (χ0) is 12.8. The molecule has 1 rings (SSSR count). The number of nitrogens with zero attached hydrogens (tertiary/aromatic N) is 1. The van der Waals surface area contributed by atoms with Crippen molar-refractivity contribution >= 4 is 11.8 Å². The number of methoxy groups -OCH3 is 1. The summed E-state index contributed by atoms with van der Waals surface area (Å²) in [4.78, 5) is 27.8. The summed E-state index contributed by atoms with van der Waals surface area (Å²) in [5.41, 5.74) is 1.24. The molecule has 0 radical (unpaired) electrons. The number of aryl methyl sites for hydroxylation is 1. The lowest BCUT2D eigenvalue weighted by Gasteiger charge is -2.12. The van der Waals surface area contributed by atoms with Crippen LogP contribution in [0.25, 0.3) is 0 Å². The van der Waals surface area contributed by atoms with Gasteiger partial charge in [-0.2, -0.15) is 0 Å². The van der Waals surface area contributed by atoms with Crippen LogP contribution in [-0.4, -0.2) is 23.8 Å². The fraction of sp³-hybridized carbons (Fsp3) is 0.462. The Morgan fingerprint density at radius 2 is 2.12 bits per heavy atom. The number of esters is 1. The van der Waals surface area contributed by atoms with E-state index in [4.69, 9.17) is 0 Å². The fourth-order valence-corrected chi connectivity index (χ4v) is 1.71. The van der Waals surface area contributed by atoms with E-state index in [-0.39, 0.29) is 5.78 Å². The lowest BCUT2D eigenvalue weighted by atomic mass is 9.95. The van der Waals surface area contributed by atoms with E-state index in [0.717, 1.165) is 5.56 Å². The first kappa shape index (κ1) is 13.4. The van der Waals surface area contributed by atoms with Crippen LogP contribution in [0.2, 0.25) is 0 Å². The Labute approximate surface area is 101 Å². The molecule has 1 aromatic rings. The number of carbonyl (C=O) groups excluding carboxylic acids is 2. The molecule has 0 aliphatic rings. The number of hydrogen-bond donors (Lipinski definition) is 0. The summed E-state index contributed by atoms with van der Waals surface area (Å²) >= 11 is 0. The van der Waals surface area contributed by atoms with E-state index in [9.17, 15) is 9.59 Å². The summed E-state index contributed by atoms with van der Waals surface area (Å²) in [6, 6.07) is 3.64. The highest BCUT2D eigenvalue weighted by Gasteiger charge is 2.28. The summed E-state index contributed by atoms with van der Waals surface area (Å²) in [6.07, 6.45) is 2.70. The average Bonchev–Trinajstić information content (AvgIpc) is 2.38. The predicted octanol–water partition coefficient (Wildman–Crippen LogP) is 2.03. The largest absolute Gasteiger partial charge is 0.468 e. The molecule has 1 heterocycles. The van der Waals surface area contributed by atoms with Gasteiger partial charge in [-0.3, -0.25) is 14.6 Å². The van der Waals surface area contributed by atoms with Gasteiger partial charge in [0.15, 0.2) is 5.78 Å². The molecule has 0 aromatic carbocycles. The van der Waals surface area contributed by atoms with Gasteiger partial charge < -0.3 is 4.74 Å². The number of pyridine rings is 1. The number of hydrogen-bond acceptors (Lipinski definition) is 4. The molecule has 0 saturated heterocycles. The summed E-state index contributed by atoms with van der Waals surface area (Å²) in [7, 11) is 1.29. The number of ketones is 1. The first-order chi connectivity index (χ1) is 8.15. The molecular weight excluding hydrogens is 218 g/mol. The molecule has 0 aliphatic heterocycles. The van der Waals surface area contributed by atoms with Gasteiger partial charge in [0.05, 0.1) is 7.11 Å². The van der Waals surface area contributed by atoms with Gasteiger partial charge in [0.25, 0.3) is 0 Å². The van der Waals surface area contributed by atoms with Crippen molar-refractivity contribution in [3.05, 3.63) is 29.6 Å². The normalized spacial score (nSPS) is 11.9. The second-order valence-corrected chi connectivity index (χ2v) is 3.71. The highest BCUT2D eigenvalue weighted by atomic mass is 16.5. The Hall–Kier alpha value is -1.71. The zero-order valence-corrected chi connectivity index (χ0v) is 10.4. The van der Waals surface area contributed by atoms with Gasteiger partial charge in [-0.05, 0) is 24.5 Å². The van der Waals surface area contributed by atoms with Crippen molar-refractivity contribution in [3.8, 4) is 0 Å². The van der Waals surface area contributed by atoms with Crippen LogP contribution in [0.3, 0.4) is 0 Å². The van der Waals surface area contributed by atoms with Crippen LogP contribution >= 0.6 is 0 Å². The van der Waals surface area contributed by atoms with Gasteiger partial charge in [0.1, 0.15) is 11.6 Å². The third-order valence-corrected chi connectivity index (χ3v) is 2.72. The van der Waals surface area contributed by atoms with E-state index in [2.05, 4.69) is 9.72 Å². The van der Waals surface area contributed by atoms with Crippen molar-refractivity contribution in [1.29, 1.82) is 0 Å². The van der Waals surface area contributed by atoms with E-state index in [1.54, 1.807) is 19.2 Å². The van der Waals surface area contributed by atoms with Gasteiger partial charge in [-0.15, -0.1) is 0 Å². The molecule has 0 spiro atoms. The summed E-state index contributed by atoms with van der Waals surface area (Å²) in [5.74, 6) is -1.50. The Morgan fingerprint density at radius 1 is 1.41 bits per heavy atom. The van der Waals surface area contributed by atoms with E-state index in [1.807, 2.05) is 13.0 Å². The molecule has 4 heteroatoms. The molecule has 0 saturated carbocycles. The first-order valence-corrected chi connectivity index (χ1v) is 5.71. The Bertz CT molecular complexity index is 415. The van der Waals surface area contributed by atoms with Gasteiger partial charge >= 0.3 is 5.97 Å². The molecule has 0 amide bonds. The monoisotopic (exact) mass is 235 g/mol. The minimum Gasteiger partial charge on any atom is -0.468 e. The standard InChI is InChI=1S/C13H17NO3/c1-4-9-7-6-8-14-11(9)12(15)10(5-2)13(16)17-3/h6-8,10H,4-5H2,1-3H3. The average molecular weight is 235 g/mol. The smallest absolute Gasteiger partial charge is 0.316 e. The molecule has 0 aliphatic carbocycles. The third kappa shape index (κ3) is 2.90. The summed E-state index contributed by atoms with van der Waals surface area (Å²) in [6.45, 7) is 3.74. The number of carbonyl (C=O) groups is 2. The van der Waals surface area contributed by atoms with E-state index in [0.29, 0.717) is 18.5 Å². The summed E-state index contributed by atoms with van der Waals surface area (Å²) < 4.78 is 4.63. The molecule has 1 aromatic heterocycles. The fourth-order valence-electron chi connectivity index (χ4n) is 1.71. The lowest BCUT2D eigenvalue weighted by molar-refractivity contribution is -0.143. The Balaban J connectivity index is 3.06. The van der Waals surface area contributed by atoms with E-state index >= 15 is 0 Å². The quantitative estimate of drug-likeness (QED) is 0.445. The molecule has 0 fully saturated rings. The van der Waals surface area contributed by atoms with Crippen LogP contribution < -0.4 is 0 Å². The van der Waals surface area contributed by atoms with Crippen molar-refractivity contribution in [2.24, 2.45) is 5.92 Å². The van der Waals surface area contributed by atoms with Crippen molar-refractivity contribution in [1.82, 2.24) is 4.98 Å². The second kappa shape index (κ2) is 6.13. The van der Waals surface area contributed by atoms with Crippen molar-refractivity contribution in [2.75, 3.05) is 7.11 Å². The SMILES string of the molecule is CCc1cccnc1C(=O)C(CC)C(=O)OC. The van der Waals surface area contributed by atoms with Crippen LogP contribution in [0.4, 0.5) is 0 Å². The molecule has 1 atom stereocenters. The van der Waals surface area contributed by atoms with Gasteiger partial charge in [0, 0.05) is 6.20 Å². The van der Waals surface area contributed by atoms with Gasteiger partial charge in [-0.1, -0.05) is 19.9 Å². The molecule has 4 nitrogen and oxygen atoms in total. The molecule has 17 heavy (non-hydrogen) atoms. The Kier molecular flexibility index (Phi) is 4.82. The molecule has 92 valence electrons. The van der Waals surface area contributed by atoms with Crippen LogP contribution in [0.1, 0.15) is 36.3 Å². The zero-order valence-electron chi connectivity index (χ0n) is 10.4. The molecule has 0 N–H and O–H groups in total. The minimum absolute atomic E-state index is 0.253. The predicted molar refractivity (Wildman–Crippen MR) is 63.7 cm³/mol. The van der Waals surface area contributed by atoms with E-state index in [1.165, 1.54) is 7.11 Å². The molecule has 0 bridgehead atoms. The van der Waals surface area contributed by atoms with E-state index < -0.39 is 11.9 Å². The molecule has 1 unspecified atom stereocenters. The third-order valence-electron chi connectivity index (χ3n) is 2.72. The maximum atomic E-state index is 12.2. The van der Waals surface area contributed by atoms with Crippen molar-refractivity contribution in [3.63, 3.8) is 0 Å². The minimum atomic E-state index is -0.750. The topological polar surface area (TPSA) is 56.3 Å². The number of Topliss-reactive ketones (excluding diaryl/α,β-unsaturated/α-hetero) is 1. The van der Waals surface area contributed by atoms with Crippen molar-refractivity contribution in [2.45, 2.75) is 26.7 Å². The number of ether oxygens (including phenoxy) is 1.